The number of nitrogens with one attached hydrogen (secondary N) is 1. The molecule has 25 heavy (non-hydrogen) atoms. The zero-order valence-electron chi connectivity index (χ0n) is 14.2. The Morgan fingerprint density at radius 1 is 1.16 bits per heavy atom. The third kappa shape index (κ3) is 4.15. The number of thiophene rings is 1. The van der Waals surface area contributed by atoms with E-state index in [4.69, 9.17) is 4.52 Å². The lowest BCUT2D eigenvalue weighted by molar-refractivity contribution is 0.376. The van der Waals surface area contributed by atoms with Gasteiger partial charge >= 0.3 is 0 Å². The monoisotopic (exact) mass is 377 g/mol. The van der Waals surface area contributed by atoms with Crippen LogP contribution in [-0.4, -0.2) is 18.6 Å². The van der Waals surface area contributed by atoms with Crippen LogP contribution in [0.2, 0.25) is 0 Å². The van der Waals surface area contributed by atoms with Gasteiger partial charge in [-0.3, -0.25) is 0 Å². The molecule has 0 amide bonds. The normalized spacial score (nSPS) is 12.4. The first-order valence-electron chi connectivity index (χ1n) is 7.72. The van der Waals surface area contributed by atoms with E-state index in [1.165, 1.54) is 5.56 Å². The predicted octanol–water partition coefficient (Wildman–Crippen LogP) is 3.57. The Morgan fingerprint density at radius 2 is 1.88 bits per heavy atom. The molecule has 2 heterocycles. The summed E-state index contributed by atoms with van der Waals surface area (Å²) in [5, 5.41) is 5.63. The van der Waals surface area contributed by atoms with Crippen molar-refractivity contribution in [2.24, 2.45) is 0 Å². The van der Waals surface area contributed by atoms with E-state index in [-0.39, 0.29) is 22.1 Å². The molecule has 0 aliphatic heterocycles. The molecule has 3 aromatic rings. The second-order valence-corrected chi connectivity index (χ2v) is 9.54. The molecular formula is C17H19N3O3S2. The van der Waals surface area contributed by atoms with Crippen molar-refractivity contribution in [3.8, 4) is 11.4 Å². The van der Waals surface area contributed by atoms with Crippen LogP contribution in [0.3, 0.4) is 0 Å². The molecule has 0 saturated carbocycles. The van der Waals surface area contributed by atoms with Crippen LogP contribution < -0.4 is 4.72 Å². The van der Waals surface area contributed by atoms with Crippen LogP contribution in [0.1, 0.15) is 32.2 Å². The van der Waals surface area contributed by atoms with E-state index in [0.29, 0.717) is 5.82 Å². The lowest BCUT2D eigenvalue weighted by Crippen LogP contribution is -2.22. The van der Waals surface area contributed by atoms with Crippen LogP contribution in [0.4, 0.5) is 0 Å². The first kappa shape index (κ1) is 17.8. The van der Waals surface area contributed by atoms with Crippen molar-refractivity contribution in [1.29, 1.82) is 0 Å². The smallest absolute Gasteiger partial charge is 0.250 e. The molecule has 1 aromatic carbocycles. The Labute approximate surface area is 151 Å². The predicted molar refractivity (Wildman–Crippen MR) is 96.8 cm³/mol. The molecule has 0 spiro atoms. The van der Waals surface area contributed by atoms with Gasteiger partial charge in [-0.15, -0.1) is 11.3 Å². The second kappa shape index (κ2) is 6.70. The average molecular weight is 377 g/mol. The number of nitrogens with zero attached hydrogens (tertiary/aromatic N) is 2. The lowest BCUT2D eigenvalue weighted by atomic mass is 9.87. The summed E-state index contributed by atoms with van der Waals surface area (Å²) in [4.78, 5) is 4.26. The number of benzene rings is 1. The van der Waals surface area contributed by atoms with E-state index < -0.39 is 10.0 Å². The average Bonchev–Trinajstić information content (AvgIpc) is 3.24. The minimum absolute atomic E-state index is 0.0483. The van der Waals surface area contributed by atoms with Crippen molar-refractivity contribution in [1.82, 2.24) is 14.9 Å². The van der Waals surface area contributed by atoms with Gasteiger partial charge in [-0.25, -0.2) is 13.1 Å². The van der Waals surface area contributed by atoms with Gasteiger partial charge in [-0.05, 0) is 22.4 Å². The Balaban J connectivity index is 1.70. The molecule has 0 radical (unpaired) electrons. The molecular weight excluding hydrogens is 358 g/mol. The van der Waals surface area contributed by atoms with Gasteiger partial charge < -0.3 is 4.52 Å². The highest BCUT2D eigenvalue weighted by molar-refractivity contribution is 7.91. The molecule has 0 aliphatic carbocycles. The maximum atomic E-state index is 12.1. The van der Waals surface area contributed by atoms with E-state index in [1.807, 2.05) is 24.3 Å². The summed E-state index contributed by atoms with van der Waals surface area (Å²) < 4.78 is 32.0. The van der Waals surface area contributed by atoms with Crippen LogP contribution in [0.5, 0.6) is 0 Å². The maximum Gasteiger partial charge on any atom is 0.250 e. The van der Waals surface area contributed by atoms with Gasteiger partial charge in [0.1, 0.15) is 4.21 Å². The Kier molecular flexibility index (Phi) is 4.77. The van der Waals surface area contributed by atoms with Gasteiger partial charge in [0.2, 0.25) is 11.7 Å². The van der Waals surface area contributed by atoms with E-state index in [0.717, 1.165) is 16.9 Å². The van der Waals surface area contributed by atoms with Gasteiger partial charge in [0, 0.05) is 5.56 Å². The summed E-state index contributed by atoms with van der Waals surface area (Å²) in [6.45, 7) is 6.39. The number of sulfonamides is 1. The molecule has 6 nitrogen and oxygen atoms in total. The molecule has 1 N–H and O–H groups in total. The number of aromatic nitrogens is 2. The Morgan fingerprint density at radius 3 is 2.48 bits per heavy atom. The summed E-state index contributed by atoms with van der Waals surface area (Å²) in [6.07, 6.45) is 0. The first-order valence-corrected chi connectivity index (χ1v) is 10.1. The van der Waals surface area contributed by atoms with Crippen molar-refractivity contribution in [3.63, 3.8) is 0 Å². The number of hydrogen-bond donors (Lipinski definition) is 1. The van der Waals surface area contributed by atoms with Crippen LogP contribution >= 0.6 is 11.3 Å². The highest BCUT2D eigenvalue weighted by atomic mass is 32.2. The molecule has 0 aliphatic rings. The fourth-order valence-electron chi connectivity index (χ4n) is 2.21. The molecule has 132 valence electrons. The van der Waals surface area contributed by atoms with Crippen LogP contribution in [0.15, 0.2) is 50.5 Å². The van der Waals surface area contributed by atoms with Crippen LogP contribution in [0, 0.1) is 0 Å². The van der Waals surface area contributed by atoms with Crippen molar-refractivity contribution in [3.05, 3.63) is 53.2 Å². The molecule has 3 rings (SSSR count). The second-order valence-electron chi connectivity index (χ2n) is 6.60. The minimum Gasteiger partial charge on any atom is -0.338 e. The largest absolute Gasteiger partial charge is 0.338 e. The number of hydrogen-bond acceptors (Lipinski definition) is 6. The summed E-state index contributed by atoms with van der Waals surface area (Å²) >= 11 is 1.15. The summed E-state index contributed by atoms with van der Waals surface area (Å²) in [7, 11) is -3.55. The van der Waals surface area contributed by atoms with Gasteiger partial charge in [0.05, 0.1) is 6.54 Å². The van der Waals surface area contributed by atoms with E-state index >= 15 is 0 Å². The van der Waals surface area contributed by atoms with Gasteiger partial charge in [0.25, 0.3) is 10.0 Å². The standard InChI is InChI=1S/C17H19N3O3S2/c1-17(2,3)13-8-6-12(7-9-13)16-19-14(23-20-16)11-18-25(21,22)15-5-4-10-24-15/h4-10,18H,11H2,1-3H3. The quantitative estimate of drug-likeness (QED) is 0.735. The minimum atomic E-state index is -3.55. The summed E-state index contributed by atoms with van der Waals surface area (Å²) in [5.41, 5.74) is 2.11. The third-order valence-electron chi connectivity index (χ3n) is 3.65. The maximum absolute atomic E-state index is 12.1. The Hall–Kier alpha value is -2.03. The lowest BCUT2D eigenvalue weighted by Gasteiger charge is -2.18. The van der Waals surface area contributed by atoms with Crippen molar-refractivity contribution < 1.29 is 12.9 Å². The van der Waals surface area contributed by atoms with E-state index in [1.54, 1.807) is 17.5 Å². The zero-order chi connectivity index (χ0) is 18.1. The van der Waals surface area contributed by atoms with Crippen molar-refractivity contribution in [2.75, 3.05) is 0 Å². The molecule has 0 saturated heterocycles. The first-order chi connectivity index (χ1) is 11.8. The molecule has 0 unspecified atom stereocenters. The molecule has 8 heteroatoms. The summed E-state index contributed by atoms with van der Waals surface area (Å²) in [5.74, 6) is 0.654. The molecule has 0 bridgehead atoms. The van der Waals surface area contributed by atoms with Crippen molar-refractivity contribution >= 4 is 21.4 Å². The fourth-order valence-corrected chi connectivity index (χ4v) is 4.22. The molecule has 2 aromatic heterocycles. The van der Waals surface area contributed by atoms with Crippen LogP contribution in [0.25, 0.3) is 11.4 Å². The number of rotatable bonds is 5. The highest BCUT2D eigenvalue weighted by Crippen LogP contribution is 2.25. The summed E-state index contributed by atoms with van der Waals surface area (Å²) in [6, 6.07) is 11.2. The van der Waals surface area contributed by atoms with Gasteiger partial charge in [-0.2, -0.15) is 4.98 Å². The Bertz CT molecular complexity index is 938. The van der Waals surface area contributed by atoms with Gasteiger partial charge in [-0.1, -0.05) is 56.3 Å². The van der Waals surface area contributed by atoms with E-state index in [2.05, 4.69) is 35.6 Å². The molecule has 0 atom stereocenters. The zero-order valence-corrected chi connectivity index (χ0v) is 15.8. The third-order valence-corrected chi connectivity index (χ3v) is 6.45. The van der Waals surface area contributed by atoms with E-state index in [9.17, 15) is 8.42 Å². The van der Waals surface area contributed by atoms with Crippen LogP contribution in [-0.2, 0) is 22.0 Å². The van der Waals surface area contributed by atoms with Gasteiger partial charge in [0.15, 0.2) is 0 Å². The molecule has 0 fully saturated rings. The topological polar surface area (TPSA) is 85.1 Å². The fraction of sp³-hybridized carbons (Fsp3) is 0.294. The SMILES string of the molecule is CC(C)(C)c1ccc(-c2noc(CNS(=O)(=O)c3cccs3)n2)cc1. The van der Waals surface area contributed by atoms with Crippen molar-refractivity contribution in [2.45, 2.75) is 36.9 Å². The highest BCUT2D eigenvalue weighted by Gasteiger charge is 2.18.